The number of carbonyl (C=O) groups excluding carboxylic acids is 3. The summed E-state index contributed by atoms with van der Waals surface area (Å²) in [6.45, 7) is 0. The molecule has 1 aliphatic rings. The summed E-state index contributed by atoms with van der Waals surface area (Å²) >= 11 is 0. The molecule has 1 saturated carbocycles. The molecule has 0 spiro atoms. The summed E-state index contributed by atoms with van der Waals surface area (Å²) in [5, 5.41) is 10.3. The molecule has 0 bridgehead atoms. The first-order valence-electron chi connectivity index (χ1n) is 9.88. The van der Waals surface area contributed by atoms with E-state index in [4.69, 9.17) is 0 Å². The number of benzene rings is 1. The predicted molar refractivity (Wildman–Crippen MR) is 102 cm³/mol. The van der Waals surface area contributed by atoms with Crippen LogP contribution < -0.4 is 0 Å². The molecule has 1 aromatic carbocycles. The van der Waals surface area contributed by atoms with E-state index in [1.807, 2.05) is 30.3 Å². The maximum atomic E-state index is 12.7. The Kier molecular flexibility index (Phi) is 8.65. The molecular formula is C22H30O5. The van der Waals surface area contributed by atoms with E-state index in [9.17, 15) is 19.5 Å². The number of hydrogen-bond acceptors (Lipinski definition) is 5. The zero-order chi connectivity index (χ0) is 19.6. The Labute approximate surface area is 161 Å². The van der Waals surface area contributed by atoms with Crippen molar-refractivity contribution in [3.05, 3.63) is 35.9 Å². The predicted octanol–water partition coefficient (Wildman–Crippen LogP) is 3.79. The van der Waals surface area contributed by atoms with Gasteiger partial charge in [-0.15, -0.1) is 0 Å². The molecule has 5 nitrogen and oxygen atoms in total. The van der Waals surface area contributed by atoms with Crippen molar-refractivity contribution < 1.29 is 24.2 Å². The van der Waals surface area contributed by atoms with Crippen LogP contribution in [0.1, 0.15) is 69.5 Å². The van der Waals surface area contributed by atoms with E-state index in [-0.39, 0.29) is 35.8 Å². The Balaban J connectivity index is 1.77. The number of Topliss-reactive ketones (excluding diaryl/α,β-unsaturated/α-hetero) is 2. The van der Waals surface area contributed by atoms with Gasteiger partial charge in [0.2, 0.25) is 0 Å². The van der Waals surface area contributed by atoms with Gasteiger partial charge in [0.25, 0.3) is 0 Å². The van der Waals surface area contributed by atoms with E-state index in [1.54, 1.807) is 0 Å². The number of ether oxygens (including phenoxy) is 1. The topological polar surface area (TPSA) is 80.7 Å². The SMILES string of the molecule is COC(=O)CCCCCCC1C(=O)CCC1C(=O)CC(O)c1ccccc1. The number of esters is 1. The maximum Gasteiger partial charge on any atom is 0.305 e. The smallest absolute Gasteiger partial charge is 0.305 e. The Morgan fingerprint density at radius 3 is 2.56 bits per heavy atom. The van der Waals surface area contributed by atoms with Gasteiger partial charge in [-0.25, -0.2) is 0 Å². The van der Waals surface area contributed by atoms with Gasteiger partial charge in [-0.2, -0.15) is 0 Å². The van der Waals surface area contributed by atoms with Gasteiger partial charge >= 0.3 is 5.97 Å². The fourth-order valence-electron chi connectivity index (χ4n) is 3.88. The van der Waals surface area contributed by atoms with Crippen LogP contribution >= 0.6 is 0 Å². The third kappa shape index (κ3) is 6.58. The van der Waals surface area contributed by atoms with Crippen LogP contribution in [0.3, 0.4) is 0 Å². The quantitative estimate of drug-likeness (QED) is 0.471. The lowest BCUT2D eigenvalue weighted by atomic mass is 9.84. The van der Waals surface area contributed by atoms with Crippen LogP contribution in [0.4, 0.5) is 0 Å². The van der Waals surface area contributed by atoms with Gasteiger partial charge in [-0.1, -0.05) is 49.6 Å². The number of ketones is 2. The number of hydrogen-bond donors (Lipinski definition) is 1. The van der Waals surface area contributed by atoms with Crippen molar-refractivity contribution in [2.45, 2.75) is 63.9 Å². The number of aliphatic hydroxyl groups is 1. The molecule has 1 aromatic rings. The second kappa shape index (κ2) is 11.0. The lowest BCUT2D eigenvalue weighted by Crippen LogP contribution is -2.24. The molecule has 0 amide bonds. The minimum absolute atomic E-state index is 0.00658. The minimum Gasteiger partial charge on any atom is -0.469 e. The minimum atomic E-state index is -0.812. The molecule has 0 aromatic heterocycles. The van der Waals surface area contributed by atoms with E-state index in [2.05, 4.69) is 4.74 Å². The first-order valence-corrected chi connectivity index (χ1v) is 9.88. The van der Waals surface area contributed by atoms with Crippen LogP contribution in [0.2, 0.25) is 0 Å². The Morgan fingerprint density at radius 1 is 1.15 bits per heavy atom. The van der Waals surface area contributed by atoms with Gasteiger partial charge in [0.1, 0.15) is 11.6 Å². The second-order valence-corrected chi connectivity index (χ2v) is 7.34. The molecule has 3 unspecified atom stereocenters. The molecule has 1 fully saturated rings. The van der Waals surface area contributed by atoms with Crippen molar-refractivity contribution in [1.29, 1.82) is 0 Å². The maximum absolute atomic E-state index is 12.7. The average molecular weight is 374 g/mol. The lowest BCUT2D eigenvalue weighted by Gasteiger charge is -2.19. The van der Waals surface area contributed by atoms with Crippen LogP contribution in [0.25, 0.3) is 0 Å². The van der Waals surface area contributed by atoms with Gasteiger partial charge in [0.05, 0.1) is 13.2 Å². The van der Waals surface area contributed by atoms with Gasteiger partial charge in [0.15, 0.2) is 0 Å². The normalized spacial score (nSPS) is 20.4. The highest BCUT2D eigenvalue weighted by atomic mass is 16.5. The zero-order valence-electron chi connectivity index (χ0n) is 16.1. The van der Waals surface area contributed by atoms with Crippen LogP contribution in [0, 0.1) is 11.8 Å². The Bertz CT molecular complexity index is 625. The number of methoxy groups -OCH3 is 1. The van der Waals surface area contributed by atoms with Crippen molar-refractivity contribution in [1.82, 2.24) is 0 Å². The van der Waals surface area contributed by atoms with Crippen LogP contribution in [0.5, 0.6) is 0 Å². The summed E-state index contributed by atoms with van der Waals surface area (Å²) in [4.78, 5) is 36.0. The fraction of sp³-hybridized carbons (Fsp3) is 0.591. The highest BCUT2D eigenvalue weighted by Gasteiger charge is 2.38. The van der Waals surface area contributed by atoms with Crippen molar-refractivity contribution in [2.24, 2.45) is 11.8 Å². The highest BCUT2D eigenvalue weighted by Crippen LogP contribution is 2.35. The van der Waals surface area contributed by atoms with Crippen LogP contribution in [-0.4, -0.2) is 29.8 Å². The van der Waals surface area contributed by atoms with Gasteiger partial charge < -0.3 is 9.84 Å². The molecule has 0 saturated heterocycles. The van der Waals surface area contributed by atoms with Crippen molar-refractivity contribution >= 4 is 17.5 Å². The van der Waals surface area contributed by atoms with E-state index in [0.29, 0.717) is 19.3 Å². The average Bonchev–Trinajstić information content (AvgIpc) is 3.05. The van der Waals surface area contributed by atoms with Crippen molar-refractivity contribution in [3.63, 3.8) is 0 Å². The number of carbonyl (C=O) groups is 3. The standard InChI is InChI=1S/C22H30O5/c1-27-22(26)12-8-3-2-7-11-17-18(13-14-19(17)23)21(25)15-20(24)16-9-5-4-6-10-16/h4-6,9-10,17-18,20,24H,2-3,7-8,11-15H2,1H3. The van der Waals surface area contributed by atoms with Crippen molar-refractivity contribution in [3.8, 4) is 0 Å². The number of aliphatic hydroxyl groups excluding tert-OH is 1. The molecule has 1 N–H and O–H groups in total. The molecule has 2 rings (SSSR count). The molecule has 0 aliphatic heterocycles. The highest BCUT2D eigenvalue weighted by molar-refractivity contribution is 5.93. The molecule has 0 heterocycles. The molecule has 3 atom stereocenters. The first-order chi connectivity index (χ1) is 13.0. The summed E-state index contributed by atoms with van der Waals surface area (Å²) in [6.07, 6.45) is 4.99. The third-order valence-electron chi connectivity index (χ3n) is 5.47. The van der Waals surface area contributed by atoms with E-state index >= 15 is 0 Å². The monoisotopic (exact) mass is 374 g/mol. The van der Waals surface area contributed by atoms with Gasteiger partial charge in [-0.3, -0.25) is 14.4 Å². The summed E-state index contributed by atoms with van der Waals surface area (Å²) in [5.41, 5.74) is 0.734. The second-order valence-electron chi connectivity index (χ2n) is 7.34. The summed E-state index contributed by atoms with van der Waals surface area (Å²) in [6, 6.07) is 9.16. The van der Waals surface area contributed by atoms with Gasteiger partial charge in [-0.05, 0) is 24.8 Å². The van der Waals surface area contributed by atoms with Gasteiger partial charge in [0, 0.05) is 31.1 Å². The lowest BCUT2D eigenvalue weighted by molar-refractivity contribution is -0.140. The molecular weight excluding hydrogens is 344 g/mol. The summed E-state index contributed by atoms with van der Waals surface area (Å²) in [7, 11) is 1.39. The molecule has 27 heavy (non-hydrogen) atoms. The zero-order valence-corrected chi connectivity index (χ0v) is 16.1. The van der Waals surface area contributed by atoms with E-state index in [0.717, 1.165) is 37.7 Å². The summed E-state index contributed by atoms with van der Waals surface area (Å²) in [5.74, 6) is -0.486. The molecule has 1 aliphatic carbocycles. The number of unbranched alkanes of at least 4 members (excludes halogenated alkanes) is 3. The van der Waals surface area contributed by atoms with Crippen LogP contribution in [0.15, 0.2) is 30.3 Å². The molecule has 0 radical (unpaired) electrons. The fourth-order valence-corrected chi connectivity index (χ4v) is 3.88. The first kappa shape index (κ1) is 21.3. The van der Waals surface area contributed by atoms with E-state index < -0.39 is 6.10 Å². The number of rotatable bonds is 11. The Morgan fingerprint density at radius 2 is 1.85 bits per heavy atom. The van der Waals surface area contributed by atoms with E-state index in [1.165, 1.54) is 7.11 Å². The van der Waals surface area contributed by atoms with Crippen molar-refractivity contribution in [2.75, 3.05) is 7.11 Å². The third-order valence-corrected chi connectivity index (χ3v) is 5.47. The molecule has 148 valence electrons. The Hall–Kier alpha value is -2.01. The summed E-state index contributed by atoms with van der Waals surface area (Å²) < 4.78 is 4.61. The molecule has 5 heteroatoms. The van der Waals surface area contributed by atoms with Crippen LogP contribution in [-0.2, 0) is 19.1 Å². The largest absolute Gasteiger partial charge is 0.469 e.